The number of hydrogen-bond donors (Lipinski definition) is 3. The minimum Gasteiger partial charge on any atom is -0.375 e. The van der Waals surface area contributed by atoms with Crippen LogP contribution >= 0.6 is 0 Å². The topological polar surface area (TPSA) is 79.5 Å². The third-order valence-corrected chi connectivity index (χ3v) is 3.51. The van der Waals surface area contributed by atoms with Crippen molar-refractivity contribution in [3.63, 3.8) is 0 Å². The molecule has 1 aliphatic rings. The molecule has 0 aromatic heterocycles. The summed E-state index contributed by atoms with van der Waals surface area (Å²) in [6.07, 6.45) is 1.84. The Morgan fingerprint density at radius 1 is 1.40 bits per heavy atom. The number of piperidine rings is 1. The van der Waals surface area contributed by atoms with E-state index in [1.165, 1.54) is 7.11 Å². The molecular formula is C14H27N3O3. The zero-order valence-corrected chi connectivity index (χ0v) is 12.9. The van der Waals surface area contributed by atoms with E-state index in [1.807, 2.05) is 13.8 Å². The maximum Gasteiger partial charge on any atom is 0.246 e. The summed E-state index contributed by atoms with van der Waals surface area (Å²) in [4.78, 5) is 23.9. The van der Waals surface area contributed by atoms with Crippen LogP contribution in [0.5, 0.6) is 0 Å². The molecule has 2 amide bonds. The molecule has 1 heterocycles. The van der Waals surface area contributed by atoms with Crippen molar-refractivity contribution in [3.05, 3.63) is 0 Å². The number of rotatable bonds is 6. The van der Waals surface area contributed by atoms with Gasteiger partial charge >= 0.3 is 0 Å². The Morgan fingerprint density at radius 3 is 2.65 bits per heavy atom. The van der Waals surface area contributed by atoms with Gasteiger partial charge in [0.25, 0.3) is 0 Å². The van der Waals surface area contributed by atoms with Crippen LogP contribution in [0.25, 0.3) is 0 Å². The largest absolute Gasteiger partial charge is 0.375 e. The Bertz CT molecular complexity index is 334. The van der Waals surface area contributed by atoms with Crippen LogP contribution in [0.3, 0.4) is 0 Å². The number of ether oxygens (including phenoxy) is 1. The quantitative estimate of drug-likeness (QED) is 0.643. The van der Waals surface area contributed by atoms with Crippen LogP contribution in [0, 0.1) is 5.92 Å². The summed E-state index contributed by atoms with van der Waals surface area (Å²) in [5, 5.41) is 9.12. The van der Waals surface area contributed by atoms with Gasteiger partial charge < -0.3 is 20.7 Å². The van der Waals surface area contributed by atoms with Crippen LogP contribution in [-0.2, 0) is 14.3 Å². The maximum absolute atomic E-state index is 12.3. The molecule has 0 aromatic rings. The first kappa shape index (κ1) is 16.9. The Kier molecular flexibility index (Phi) is 6.95. The van der Waals surface area contributed by atoms with Crippen molar-refractivity contribution >= 4 is 11.8 Å². The second kappa shape index (κ2) is 8.21. The zero-order chi connectivity index (χ0) is 15.1. The SMILES string of the molecule is COCC(=O)N[C@H](C(=O)NC1CCNC(C)C1)C(C)C. The molecule has 116 valence electrons. The van der Waals surface area contributed by atoms with Crippen molar-refractivity contribution in [1.82, 2.24) is 16.0 Å². The van der Waals surface area contributed by atoms with Crippen LogP contribution in [-0.4, -0.2) is 50.2 Å². The number of methoxy groups -OCH3 is 1. The van der Waals surface area contributed by atoms with Gasteiger partial charge in [-0.05, 0) is 32.2 Å². The Balaban J connectivity index is 2.53. The first-order chi connectivity index (χ1) is 9.43. The van der Waals surface area contributed by atoms with Crippen molar-refractivity contribution < 1.29 is 14.3 Å². The highest BCUT2D eigenvalue weighted by atomic mass is 16.5. The van der Waals surface area contributed by atoms with Crippen molar-refractivity contribution in [1.29, 1.82) is 0 Å². The van der Waals surface area contributed by atoms with E-state index in [9.17, 15) is 9.59 Å². The fourth-order valence-electron chi connectivity index (χ4n) is 2.44. The fourth-order valence-corrected chi connectivity index (χ4v) is 2.44. The van der Waals surface area contributed by atoms with Crippen molar-refractivity contribution in [3.8, 4) is 0 Å². The van der Waals surface area contributed by atoms with Crippen LogP contribution in [0.15, 0.2) is 0 Å². The van der Waals surface area contributed by atoms with Crippen LogP contribution in [0.2, 0.25) is 0 Å². The first-order valence-electron chi connectivity index (χ1n) is 7.26. The average Bonchev–Trinajstić information content (AvgIpc) is 2.35. The lowest BCUT2D eigenvalue weighted by molar-refractivity contribution is -0.132. The van der Waals surface area contributed by atoms with E-state index in [0.29, 0.717) is 6.04 Å². The van der Waals surface area contributed by atoms with Crippen molar-refractivity contribution in [2.24, 2.45) is 5.92 Å². The van der Waals surface area contributed by atoms with Crippen molar-refractivity contribution in [2.45, 2.75) is 51.7 Å². The number of amides is 2. The Labute approximate surface area is 121 Å². The molecule has 0 spiro atoms. The first-order valence-corrected chi connectivity index (χ1v) is 7.26. The predicted octanol–water partition coefficient (Wildman–Crippen LogP) is 0.0303. The van der Waals surface area contributed by atoms with Gasteiger partial charge in [0.15, 0.2) is 0 Å². The van der Waals surface area contributed by atoms with Crippen LogP contribution in [0.4, 0.5) is 0 Å². The molecule has 20 heavy (non-hydrogen) atoms. The van der Waals surface area contributed by atoms with Crippen molar-refractivity contribution in [2.75, 3.05) is 20.3 Å². The highest BCUT2D eigenvalue weighted by Gasteiger charge is 2.27. The van der Waals surface area contributed by atoms with E-state index in [1.54, 1.807) is 0 Å². The van der Waals surface area contributed by atoms with E-state index < -0.39 is 6.04 Å². The molecule has 1 saturated heterocycles. The molecule has 0 aromatic carbocycles. The van der Waals surface area contributed by atoms with E-state index in [0.717, 1.165) is 19.4 Å². The van der Waals surface area contributed by atoms with E-state index in [2.05, 4.69) is 22.9 Å². The lowest BCUT2D eigenvalue weighted by Crippen LogP contribution is -2.55. The van der Waals surface area contributed by atoms with E-state index >= 15 is 0 Å². The van der Waals surface area contributed by atoms with Gasteiger partial charge in [0, 0.05) is 19.2 Å². The summed E-state index contributed by atoms with van der Waals surface area (Å²) in [5.41, 5.74) is 0. The molecule has 1 rings (SSSR count). The minimum absolute atomic E-state index is 0.0269. The van der Waals surface area contributed by atoms with E-state index in [4.69, 9.17) is 4.74 Å². The fraction of sp³-hybridized carbons (Fsp3) is 0.857. The number of hydrogen-bond acceptors (Lipinski definition) is 4. The second-order valence-electron chi connectivity index (χ2n) is 5.81. The van der Waals surface area contributed by atoms with Crippen LogP contribution < -0.4 is 16.0 Å². The molecule has 2 unspecified atom stereocenters. The third-order valence-electron chi connectivity index (χ3n) is 3.51. The number of carbonyl (C=O) groups is 2. The molecule has 0 bridgehead atoms. The number of carbonyl (C=O) groups excluding carboxylic acids is 2. The maximum atomic E-state index is 12.3. The van der Waals surface area contributed by atoms with Gasteiger partial charge in [-0.15, -0.1) is 0 Å². The zero-order valence-electron chi connectivity index (χ0n) is 12.9. The summed E-state index contributed by atoms with van der Waals surface area (Å²) in [7, 11) is 1.46. The lowest BCUT2D eigenvalue weighted by atomic mass is 9.98. The normalized spacial score (nSPS) is 24.2. The highest BCUT2D eigenvalue weighted by Crippen LogP contribution is 2.10. The van der Waals surface area contributed by atoms with E-state index in [-0.39, 0.29) is 30.4 Å². The molecular weight excluding hydrogens is 258 g/mol. The summed E-state index contributed by atoms with van der Waals surface area (Å²) in [5.74, 6) is -0.335. The number of nitrogens with one attached hydrogen (secondary N) is 3. The average molecular weight is 285 g/mol. The Morgan fingerprint density at radius 2 is 2.10 bits per heavy atom. The monoisotopic (exact) mass is 285 g/mol. The van der Waals surface area contributed by atoms with Gasteiger partial charge in [-0.2, -0.15) is 0 Å². The van der Waals surface area contributed by atoms with Gasteiger partial charge in [0.2, 0.25) is 11.8 Å². The predicted molar refractivity (Wildman–Crippen MR) is 77.3 cm³/mol. The summed E-state index contributed by atoms with van der Waals surface area (Å²) < 4.78 is 4.78. The van der Waals surface area contributed by atoms with Gasteiger partial charge in [-0.25, -0.2) is 0 Å². The molecule has 3 atom stereocenters. The van der Waals surface area contributed by atoms with Gasteiger partial charge in [-0.3, -0.25) is 9.59 Å². The molecule has 3 N–H and O–H groups in total. The molecule has 0 saturated carbocycles. The summed E-state index contributed by atoms with van der Waals surface area (Å²) in [6, 6.07) is 0.0804. The second-order valence-corrected chi connectivity index (χ2v) is 5.81. The summed E-state index contributed by atoms with van der Waals surface area (Å²) >= 11 is 0. The molecule has 1 fully saturated rings. The molecule has 0 aliphatic carbocycles. The van der Waals surface area contributed by atoms with Gasteiger partial charge in [-0.1, -0.05) is 13.8 Å². The Hall–Kier alpha value is -1.14. The lowest BCUT2D eigenvalue weighted by Gasteiger charge is -2.31. The minimum atomic E-state index is -0.511. The highest BCUT2D eigenvalue weighted by molar-refractivity contribution is 5.88. The molecule has 6 heteroatoms. The molecule has 1 aliphatic heterocycles. The van der Waals surface area contributed by atoms with Gasteiger partial charge in [0.1, 0.15) is 12.6 Å². The third kappa shape index (κ3) is 5.46. The molecule has 0 radical (unpaired) electrons. The summed E-state index contributed by atoms with van der Waals surface area (Å²) in [6.45, 7) is 6.83. The molecule has 6 nitrogen and oxygen atoms in total. The van der Waals surface area contributed by atoms with Crippen LogP contribution in [0.1, 0.15) is 33.6 Å². The standard InChI is InChI=1S/C14H27N3O3/c1-9(2)13(17-12(18)8-20-4)14(19)16-11-5-6-15-10(3)7-11/h9-11,13,15H,5-8H2,1-4H3,(H,16,19)(H,17,18)/t10?,11?,13-/m0/s1. The smallest absolute Gasteiger partial charge is 0.246 e. The van der Waals surface area contributed by atoms with Gasteiger partial charge in [0.05, 0.1) is 0 Å².